The number of piperidine rings is 1. The van der Waals surface area contributed by atoms with E-state index in [9.17, 15) is 9.59 Å². The molecule has 2 aliphatic heterocycles. The van der Waals surface area contributed by atoms with Crippen LogP contribution >= 0.6 is 0 Å². The van der Waals surface area contributed by atoms with E-state index in [1.807, 2.05) is 9.80 Å². The van der Waals surface area contributed by atoms with E-state index in [2.05, 4.69) is 31.2 Å². The molecule has 1 unspecified atom stereocenters. The van der Waals surface area contributed by atoms with Gasteiger partial charge in [-0.25, -0.2) is 0 Å². The number of carbonyl (C=O) groups excluding carboxylic acids is 1. The minimum absolute atomic E-state index is 0.160. The summed E-state index contributed by atoms with van der Waals surface area (Å²) in [5.41, 5.74) is 2.70. The first-order chi connectivity index (χ1) is 12.5. The molecule has 0 saturated carbocycles. The predicted octanol–water partition coefficient (Wildman–Crippen LogP) is 2.57. The first-order valence-corrected chi connectivity index (χ1v) is 9.79. The molecule has 0 aliphatic carbocycles. The quantitative estimate of drug-likeness (QED) is 0.849. The van der Waals surface area contributed by atoms with E-state index < -0.39 is 5.97 Å². The third kappa shape index (κ3) is 5.07. The fourth-order valence-electron chi connectivity index (χ4n) is 4.07. The van der Waals surface area contributed by atoms with Crippen LogP contribution in [0.25, 0.3) is 0 Å². The molecule has 2 aliphatic rings. The fourth-order valence-corrected chi connectivity index (χ4v) is 4.07. The highest BCUT2D eigenvalue weighted by molar-refractivity contribution is 5.78. The number of likely N-dealkylation sites (tertiary alicyclic amines) is 2. The molecule has 0 aromatic heterocycles. The van der Waals surface area contributed by atoms with E-state index in [0.29, 0.717) is 25.4 Å². The lowest BCUT2D eigenvalue weighted by molar-refractivity contribution is -0.141. The Balaban J connectivity index is 1.37. The van der Waals surface area contributed by atoms with Crippen LogP contribution in [0.15, 0.2) is 24.3 Å². The zero-order valence-corrected chi connectivity index (χ0v) is 15.7. The highest BCUT2D eigenvalue weighted by Gasteiger charge is 2.30. The van der Waals surface area contributed by atoms with Crippen molar-refractivity contribution in [2.45, 2.75) is 39.0 Å². The minimum Gasteiger partial charge on any atom is -0.481 e. The van der Waals surface area contributed by atoms with Crippen molar-refractivity contribution in [3.63, 3.8) is 0 Å². The Hall–Kier alpha value is -1.88. The molecule has 2 fully saturated rings. The van der Waals surface area contributed by atoms with Gasteiger partial charge < -0.3 is 10.0 Å². The highest BCUT2D eigenvalue weighted by Crippen LogP contribution is 2.23. The third-order valence-corrected chi connectivity index (χ3v) is 5.91. The Morgan fingerprint density at radius 3 is 2.38 bits per heavy atom. The molecule has 2 saturated heterocycles. The van der Waals surface area contributed by atoms with Gasteiger partial charge in [-0.05, 0) is 57.1 Å². The monoisotopic (exact) mass is 358 g/mol. The molecule has 1 atom stereocenters. The van der Waals surface area contributed by atoms with Gasteiger partial charge in [0, 0.05) is 19.6 Å². The van der Waals surface area contributed by atoms with Gasteiger partial charge in [-0.2, -0.15) is 0 Å². The zero-order valence-electron chi connectivity index (χ0n) is 15.7. The number of aliphatic carboxylic acids is 1. The van der Waals surface area contributed by atoms with Gasteiger partial charge in [-0.1, -0.05) is 29.8 Å². The number of carbonyl (C=O) groups is 2. The van der Waals surface area contributed by atoms with Gasteiger partial charge in [-0.3, -0.25) is 14.5 Å². The Bertz CT molecular complexity index is 621. The molecule has 1 amide bonds. The normalized spacial score (nSPS) is 21.9. The number of carboxylic acid groups (broad SMARTS) is 1. The molecule has 1 N–H and O–H groups in total. The van der Waals surface area contributed by atoms with Crippen molar-refractivity contribution < 1.29 is 14.7 Å². The average molecular weight is 358 g/mol. The topological polar surface area (TPSA) is 60.9 Å². The van der Waals surface area contributed by atoms with Crippen molar-refractivity contribution in [3.8, 4) is 0 Å². The molecule has 5 heteroatoms. The lowest BCUT2D eigenvalue weighted by atomic mass is 9.90. The van der Waals surface area contributed by atoms with Gasteiger partial charge in [0.25, 0.3) is 0 Å². The van der Waals surface area contributed by atoms with Gasteiger partial charge in [0.2, 0.25) is 5.91 Å². The molecular formula is C21H30N2O3. The molecule has 0 spiro atoms. The van der Waals surface area contributed by atoms with Crippen molar-refractivity contribution in [3.05, 3.63) is 35.4 Å². The largest absolute Gasteiger partial charge is 0.481 e. The van der Waals surface area contributed by atoms with E-state index in [1.165, 1.54) is 17.5 Å². The van der Waals surface area contributed by atoms with Crippen LogP contribution in [0.2, 0.25) is 0 Å². The molecule has 0 radical (unpaired) electrons. The van der Waals surface area contributed by atoms with Gasteiger partial charge >= 0.3 is 5.97 Å². The molecule has 2 heterocycles. The summed E-state index contributed by atoms with van der Waals surface area (Å²) < 4.78 is 0. The molecule has 142 valence electrons. The summed E-state index contributed by atoms with van der Waals surface area (Å²) in [6.07, 6.45) is 5.12. The fraction of sp³-hybridized carbons (Fsp3) is 0.619. The number of amides is 1. The lowest BCUT2D eigenvalue weighted by Crippen LogP contribution is -2.44. The van der Waals surface area contributed by atoms with Crippen LogP contribution in [0.5, 0.6) is 0 Å². The summed E-state index contributed by atoms with van der Waals surface area (Å²) in [5.74, 6) is -0.193. The van der Waals surface area contributed by atoms with E-state index >= 15 is 0 Å². The number of rotatable bonds is 6. The van der Waals surface area contributed by atoms with Crippen molar-refractivity contribution in [2.24, 2.45) is 11.8 Å². The van der Waals surface area contributed by atoms with E-state index in [-0.39, 0.29) is 11.8 Å². The number of benzene rings is 1. The molecule has 5 nitrogen and oxygen atoms in total. The van der Waals surface area contributed by atoms with Crippen LogP contribution in [-0.4, -0.2) is 59.5 Å². The Kier molecular flexibility index (Phi) is 6.30. The predicted molar refractivity (Wildman–Crippen MR) is 101 cm³/mol. The number of hydrogen-bond donors (Lipinski definition) is 1. The van der Waals surface area contributed by atoms with Gasteiger partial charge in [0.15, 0.2) is 0 Å². The maximum Gasteiger partial charge on any atom is 0.307 e. The highest BCUT2D eigenvalue weighted by atomic mass is 16.4. The number of carboxylic acids is 1. The summed E-state index contributed by atoms with van der Waals surface area (Å²) in [7, 11) is 0. The Morgan fingerprint density at radius 2 is 1.77 bits per heavy atom. The van der Waals surface area contributed by atoms with E-state index in [1.54, 1.807) is 0 Å². The maximum atomic E-state index is 12.5. The summed E-state index contributed by atoms with van der Waals surface area (Å²) in [6, 6.07) is 8.77. The molecule has 26 heavy (non-hydrogen) atoms. The Morgan fingerprint density at radius 1 is 1.08 bits per heavy atom. The van der Waals surface area contributed by atoms with Crippen LogP contribution in [0, 0.1) is 18.8 Å². The SMILES string of the molecule is Cc1ccc(CCC2CCN(C(=O)CN3CCC(C(=O)O)C3)CC2)cc1. The van der Waals surface area contributed by atoms with Crippen LogP contribution in [0.4, 0.5) is 0 Å². The molecule has 3 rings (SSSR count). The second-order valence-corrected chi connectivity index (χ2v) is 7.91. The van der Waals surface area contributed by atoms with Crippen LogP contribution < -0.4 is 0 Å². The molecule has 1 aromatic rings. The van der Waals surface area contributed by atoms with Gasteiger partial charge in [0.05, 0.1) is 12.5 Å². The van der Waals surface area contributed by atoms with Gasteiger partial charge in [-0.15, -0.1) is 0 Å². The summed E-state index contributed by atoms with van der Waals surface area (Å²) in [6.45, 7) is 5.39. The van der Waals surface area contributed by atoms with Crippen LogP contribution in [-0.2, 0) is 16.0 Å². The van der Waals surface area contributed by atoms with Crippen LogP contribution in [0.3, 0.4) is 0 Å². The van der Waals surface area contributed by atoms with Gasteiger partial charge in [0.1, 0.15) is 0 Å². The van der Waals surface area contributed by atoms with Crippen LogP contribution in [0.1, 0.15) is 36.8 Å². The molecular weight excluding hydrogens is 328 g/mol. The third-order valence-electron chi connectivity index (χ3n) is 5.91. The molecule has 1 aromatic carbocycles. The average Bonchev–Trinajstić information content (AvgIpc) is 3.10. The zero-order chi connectivity index (χ0) is 18.5. The summed E-state index contributed by atoms with van der Waals surface area (Å²) in [4.78, 5) is 27.5. The van der Waals surface area contributed by atoms with Crippen molar-refractivity contribution >= 4 is 11.9 Å². The smallest absolute Gasteiger partial charge is 0.307 e. The number of aryl methyl sites for hydroxylation is 2. The summed E-state index contributed by atoms with van der Waals surface area (Å²) in [5, 5.41) is 9.07. The summed E-state index contributed by atoms with van der Waals surface area (Å²) >= 11 is 0. The maximum absolute atomic E-state index is 12.5. The minimum atomic E-state index is -0.741. The van der Waals surface area contributed by atoms with E-state index in [4.69, 9.17) is 5.11 Å². The van der Waals surface area contributed by atoms with Crippen molar-refractivity contribution in [1.29, 1.82) is 0 Å². The molecule has 0 bridgehead atoms. The van der Waals surface area contributed by atoms with Crippen molar-refractivity contribution in [1.82, 2.24) is 9.80 Å². The number of hydrogen-bond acceptors (Lipinski definition) is 3. The first kappa shape index (κ1) is 18.9. The number of nitrogens with zero attached hydrogens (tertiary/aromatic N) is 2. The first-order valence-electron chi connectivity index (χ1n) is 9.79. The second kappa shape index (κ2) is 8.67. The standard InChI is InChI=1S/C21H30N2O3/c1-16-2-4-17(5-3-16)6-7-18-8-12-23(13-9-18)20(24)15-22-11-10-19(14-22)21(25)26/h2-5,18-19H,6-15H2,1H3,(H,25,26). The second-order valence-electron chi connectivity index (χ2n) is 7.91. The Labute approximate surface area is 156 Å². The van der Waals surface area contributed by atoms with E-state index in [0.717, 1.165) is 38.9 Å². The van der Waals surface area contributed by atoms with Crippen molar-refractivity contribution in [2.75, 3.05) is 32.7 Å². The lowest BCUT2D eigenvalue weighted by Gasteiger charge is -2.33.